The van der Waals surface area contributed by atoms with Gasteiger partial charge in [-0.2, -0.15) is 0 Å². The minimum Gasteiger partial charge on any atom is -0.383 e. The number of hydrogen-bond acceptors (Lipinski definition) is 4. The van der Waals surface area contributed by atoms with Crippen LogP contribution in [-0.4, -0.2) is 15.0 Å². The summed E-state index contributed by atoms with van der Waals surface area (Å²) in [7, 11) is 0. The van der Waals surface area contributed by atoms with E-state index < -0.39 is 0 Å². The summed E-state index contributed by atoms with van der Waals surface area (Å²) >= 11 is 2.20. The molecule has 0 aliphatic heterocycles. The van der Waals surface area contributed by atoms with Gasteiger partial charge in [-0.1, -0.05) is 13.8 Å². The van der Waals surface area contributed by atoms with E-state index >= 15 is 0 Å². The molecule has 18 heavy (non-hydrogen) atoms. The van der Waals surface area contributed by atoms with Crippen LogP contribution in [0.25, 0.3) is 11.4 Å². The lowest BCUT2D eigenvalue weighted by Gasteiger charge is -2.12. The van der Waals surface area contributed by atoms with Gasteiger partial charge in [0.15, 0.2) is 5.82 Å². The predicted octanol–water partition coefficient (Wildman–Crippen LogP) is 3.16. The fourth-order valence-electron chi connectivity index (χ4n) is 1.68. The van der Waals surface area contributed by atoms with E-state index in [0.29, 0.717) is 17.6 Å². The average molecular weight is 354 g/mol. The average Bonchev–Trinajstić information content (AvgIpc) is 2.33. The van der Waals surface area contributed by atoms with Crippen LogP contribution in [0.1, 0.15) is 31.0 Å². The lowest BCUT2D eigenvalue weighted by atomic mass is 10.1. The highest BCUT2D eigenvalue weighted by Crippen LogP contribution is 2.27. The number of nitrogen functional groups attached to an aromatic ring is 1. The molecule has 0 fully saturated rings. The van der Waals surface area contributed by atoms with Gasteiger partial charge in [-0.05, 0) is 47.1 Å². The van der Waals surface area contributed by atoms with Crippen LogP contribution >= 0.6 is 22.6 Å². The van der Waals surface area contributed by atoms with Crippen molar-refractivity contribution in [1.82, 2.24) is 15.0 Å². The fourth-order valence-corrected chi connectivity index (χ4v) is 2.55. The van der Waals surface area contributed by atoms with E-state index in [0.717, 1.165) is 20.4 Å². The Morgan fingerprint density at radius 1 is 1.28 bits per heavy atom. The van der Waals surface area contributed by atoms with Crippen LogP contribution in [0.2, 0.25) is 0 Å². The maximum absolute atomic E-state index is 5.97. The monoisotopic (exact) mass is 354 g/mol. The molecule has 2 aromatic heterocycles. The Hall–Kier alpha value is -1.24. The Balaban J connectivity index is 2.63. The highest BCUT2D eigenvalue weighted by Gasteiger charge is 2.15. The molecule has 0 aliphatic carbocycles. The van der Waals surface area contributed by atoms with Gasteiger partial charge in [0.2, 0.25) is 0 Å². The molecule has 4 nitrogen and oxygen atoms in total. The van der Waals surface area contributed by atoms with E-state index in [1.807, 2.05) is 13.0 Å². The van der Waals surface area contributed by atoms with Crippen LogP contribution in [0.15, 0.2) is 18.5 Å². The largest absolute Gasteiger partial charge is 0.383 e. The number of nitrogens with zero attached hydrogens (tertiary/aromatic N) is 3. The van der Waals surface area contributed by atoms with Crippen LogP contribution in [0.4, 0.5) is 5.82 Å². The highest BCUT2D eigenvalue weighted by molar-refractivity contribution is 14.1. The van der Waals surface area contributed by atoms with Gasteiger partial charge in [-0.25, -0.2) is 9.97 Å². The molecule has 0 aromatic carbocycles. The molecule has 0 saturated heterocycles. The van der Waals surface area contributed by atoms with Crippen molar-refractivity contribution in [1.29, 1.82) is 0 Å². The van der Waals surface area contributed by atoms with E-state index in [1.54, 1.807) is 12.4 Å². The zero-order valence-electron chi connectivity index (χ0n) is 10.6. The van der Waals surface area contributed by atoms with Crippen molar-refractivity contribution in [3.8, 4) is 11.4 Å². The molecule has 0 unspecified atom stereocenters. The molecule has 0 spiro atoms. The third-order valence-electron chi connectivity index (χ3n) is 2.73. The van der Waals surface area contributed by atoms with Crippen molar-refractivity contribution in [2.24, 2.45) is 0 Å². The molecule has 2 N–H and O–H groups in total. The van der Waals surface area contributed by atoms with Crippen LogP contribution < -0.4 is 5.73 Å². The summed E-state index contributed by atoms with van der Waals surface area (Å²) in [6.45, 7) is 6.22. The Morgan fingerprint density at radius 2 is 2.00 bits per heavy atom. The number of hydrogen-bond donors (Lipinski definition) is 1. The molecule has 2 heterocycles. The quantitative estimate of drug-likeness (QED) is 0.842. The Bertz CT molecular complexity index is 581. The van der Waals surface area contributed by atoms with Gasteiger partial charge in [0.05, 0.1) is 9.26 Å². The summed E-state index contributed by atoms with van der Waals surface area (Å²) in [5.41, 5.74) is 8.99. The van der Waals surface area contributed by atoms with Gasteiger partial charge in [0.25, 0.3) is 0 Å². The lowest BCUT2D eigenvalue weighted by molar-refractivity contribution is 0.810. The molecule has 0 radical (unpaired) electrons. The summed E-state index contributed by atoms with van der Waals surface area (Å²) in [6, 6.07) is 1.95. The fraction of sp³-hybridized carbons (Fsp3) is 0.308. The van der Waals surface area contributed by atoms with Crippen molar-refractivity contribution in [2.75, 3.05) is 5.73 Å². The van der Waals surface area contributed by atoms with Crippen molar-refractivity contribution in [3.05, 3.63) is 33.3 Å². The van der Waals surface area contributed by atoms with E-state index in [9.17, 15) is 0 Å². The summed E-state index contributed by atoms with van der Waals surface area (Å²) in [5.74, 6) is 1.51. The van der Waals surface area contributed by atoms with Crippen LogP contribution in [0.5, 0.6) is 0 Å². The minimum atomic E-state index is 0.318. The molecule has 0 bridgehead atoms. The Labute approximate surface area is 120 Å². The van der Waals surface area contributed by atoms with Gasteiger partial charge >= 0.3 is 0 Å². The van der Waals surface area contributed by atoms with Gasteiger partial charge in [-0.3, -0.25) is 4.98 Å². The summed E-state index contributed by atoms with van der Waals surface area (Å²) in [5, 5.41) is 0. The second-order valence-corrected chi connectivity index (χ2v) is 5.56. The molecule has 0 amide bonds. The second kappa shape index (κ2) is 5.17. The molecule has 0 aliphatic rings. The minimum absolute atomic E-state index is 0.318. The third kappa shape index (κ3) is 2.45. The first-order valence-electron chi connectivity index (χ1n) is 5.74. The first kappa shape index (κ1) is 13.2. The standard InChI is InChI=1S/C13H15IN4/c1-7(2)11-10(14)12(15)18-13(17-11)9-6-16-5-4-8(9)3/h4-7H,1-3H3,(H2,15,17,18). The first-order valence-corrected chi connectivity index (χ1v) is 6.82. The number of anilines is 1. The van der Waals surface area contributed by atoms with Crippen molar-refractivity contribution >= 4 is 28.4 Å². The SMILES string of the molecule is Cc1ccncc1-c1nc(N)c(I)c(C(C)C)n1. The normalized spacial score (nSPS) is 10.9. The van der Waals surface area contributed by atoms with E-state index in [1.165, 1.54) is 0 Å². The molecule has 2 rings (SSSR count). The van der Waals surface area contributed by atoms with Gasteiger partial charge in [-0.15, -0.1) is 0 Å². The van der Waals surface area contributed by atoms with Crippen molar-refractivity contribution in [3.63, 3.8) is 0 Å². The molecule has 0 atom stereocenters. The zero-order valence-corrected chi connectivity index (χ0v) is 12.8. The molecular formula is C13H15IN4. The maximum atomic E-state index is 5.97. The summed E-state index contributed by atoms with van der Waals surface area (Å²) in [6.07, 6.45) is 3.54. The molecular weight excluding hydrogens is 339 g/mol. The number of pyridine rings is 1. The molecule has 2 aromatic rings. The summed E-state index contributed by atoms with van der Waals surface area (Å²) < 4.78 is 0.938. The summed E-state index contributed by atoms with van der Waals surface area (Å²) in [4.78, 5) is 13.1. The number of rotatable bonds is 2. The van der Waals surface area contributed by atoms with E-state index in [4.69, 9.17) is 5.73 Å². The van der Waals surface area contributed by atoms with Gasteiger partial charge < -0.3 is 5.73 Å². The topological polar surface area (TPSA) is 64.7 Å². The van der Waals surface area contributed by atoms with Crippen molar-refractivity contribution in [2.45, 2.75) is 26.7 Å². The molecule has 5 heteroatoms. The van der Waals surface area contributed by atoms with Gasteiger partial charge in [0.1, 0.15) is 5.82 Å². The third-order valence-corrected chi connectivity index (χ3v) is 3.83. The predicted molar refractivity (Wildman–Crippen MR) is 81.2 cm³/mol. The Kier molecular flexibility index (Phi) is 3.79. The number of halogens is 1. The molecule has 94 valence electrons. The van der Waals surface area contributed by atoms with E-state index in [-0.39, 0.29) is 0 Å². The molecule has 0 saturated carbocycles. The number of aromatic nitrogens is 3. The zero-order chi connectivity index (χ0) is 13.3. The van der Waals surface area contributed by atoms with Gasteiger partial charge in [0, 0.05) is 18.0 Å². The maximum Gasteiger partial charge on any atom is 0.163 e. The van der Waals surface area contributed by atoms with Crippen LogP contribution in [-0.2, 0) is 0 Å². The number of nitrogens with two attached hydrogens (primary N) is 1. The van der Waals surface area contributed by atoms with Crippen LogP contribution in [0, 0.1) is 10.5 Å². The number of aryl methyl sites for hydroxylation is 1. The van der Waals surface area contributed by atoms with Crippen LogP contribution in [0.3, 0.4) is 0 Å². The van der Waals surface area contributed by atoms with E-state index in [2.05, 4.69) is 51.4 Å². The second-order valence-electron chi connectivity index (χ2n) is 4.48. The van der Waals surface area contributed by atoms with Crippen molar-refractivity contribution < 1.29 is 0 Å². The highest BCUT2D eigenvalue weighted by atomic mass is 127. The smallest absolute Gasteiger partial charge is 0.163 e. The lowest BCUT2D eigenvalue weighted by Crippen LogP contribution is -2.07. The Morgan fingerprint density at radius 3 is 2.61 bits per heavy atom. The first-order chi connectivity index (χ1) is 8.50.